The van der Waals surface area contributed by atoms with Gasteiger partial charge in [-0.2, -0.15) is 4.72 Å². The van der Waals surface area contributed by atoms with Crippen molar-refractivity contribution in [3.05, 3.63) is 94.5 Å². The molecule has 1 unspecified atom stereocenters. The van der Waals surface area contributed by atoms with E-state index in [4.69, 9.17) is 11.6 Å². The van der Waals surface area contributed by atoms with E-state index in [2.05, 4.69) is 15.4 Å². The van der Waals surface area contributed by atoms with Gasteiger partial charge in [-0.3, -0.25) is 9.59 Å². The SMILES string of the molecule is O=C1CCc2cc(S(=O)(=O)NC(Cc3ccccc3)C(=O)NCc3ccc(Cl)cc3)ccc2N1. The molecule has 0 saturated heterocycles. The molecule has 0 bridgehead atoms. The fraction of sp³-hybridized carbons (Fsp3) is 0.200. The summed E-state index contributed by atoms with van der Waals surface area (Å²) in [6.45, 7) is 0.238. The molecule has 0 aliphatic carbocycles. The minimum atomic E-state index is -4.00. The summed E-state index contributed by atoms with van der Waals surface area (Å²) in [5.41, 5.74) is 3.02. The molecule has 0 spiro atoms. The van der Waals surface area contributed by atoms with Gasteiger partial charge < -0.3 is 10.6 Å². The zero-order chi connectivity index (χ0) is 24.1. The fourth-order valence-electron chi connectivity index (χ4n) is 3.73. The van der Waals surface area contributed by atoms with Crippen molar-refractivity contribution in [3.8, 4) is 0 Å². The van der Waals surface area contributed by atoms with Crippen LogP contribution >= 0.6 is 11.6 Å². The Labute approximate surface area is 203 Å². The van der Waals surface area contributed by atoms with Crippen molar-refractivity contribution in [2.45, 2.75) is 36.7 Å². The first-order valence-electron chi connectivity index (χ1n) is 10.8. The summed E-state index contributed by atoms with van der Waals surface area (Å²) in [5.74, 6) is -0.533. The molecule has 2 amide bonds. The number of benzene rings is 3. The Balaban J connectivity index is 1.53. The van der Waals surface area contributed by atoms with Crippen molar-refractivity contribution in [2.24, 2.45) is 0 Å². The van der Waals surface area contributed by atoms with Crippen molar-refractivity contribution >= 4 is 39.1 Å². The molecule has 34 heavy (non-hydrogen) atoms. The number of amides is 2. The van der Waals surface area contributed by atoms with Crippen LogP contribution in [0.15, 0.2) is 77.7 Å². The van der Waals surface area contributed by atoms with Gasteiger partial charge in [-0.25, -0.2) is 8.42 Å². The van der Waals surface area contributed by atoms with Gasteiger partial charge >= 0.3 is 0 Å². The monoisotopic (exact) mass is 497 g/mol. The first kappa shape index (κ1) is 23.9. The quantitative estimate of drug-likeness (QED) is 0.443. The smallest absolute Gasteiger partial charge is 0.241 e. The van der Waals surface area contributed by atoms with Crippen LogP contribution in [0.1, 0.15) is 23.1 Å². The Hall–Kier alpha value is -3.20. The summed E-state index contributed by atoms with van der Waals surface area (Å²) in [6.07, 6.45) is 0.945. The molecular formula is C25H24ClN3O4S. The van der Waals surface area contributed by atoms with Gasteiger partial charge in [-0.15, -0.1) is 0 Å². The number of aryl methyl sites for hydroxylation is 1. The van der Waals surface area contributed by atoms with Crippen LogP contribution in [0.4, 0.5) is 5.69 Å². The Kier molecular flexibility index (Phi) is 7.31. The predicted molar refractivity (Wildman–Crippen MR) is 131 cm³/mol. The van der Waals surface area contributed by atoms with Crippen LogP contribution in [-0.2, 0) is 39.0 Å². The second kappa shape index (κ2) is 10.4. The fourth-order valence-corrected chi connectivity index (χ4v) is 5.11. The van der Waals surface area contributed by atoms with Gasteiger partial charge in [0.1, 0.15) is 6.04 Å². The van der Waals surface area contributed by atoms with Gasteiger partial charge in [0.25, 0.3) is 0 Å². The van der Waals surface area contributed by atoms with Crippen LogP contribution in [-0.4, -0.2) is 26.3 Å². The lowest BCUT2D eigenvalue weighted by molar-refractivity contribution is -0.123. The minimum absolute atomic E-state index is 0.0472. The van der Waals surface area contributed by atoms with Crippen molar-refractivity contribution in [1.29, 1.82) is 0 Å². The number of anilines is 1. The van der Waals surface area contributed by atoms with E-state index < -0.39 is 22.0 Å². The highest BCUT2D eigenvalue weighted by Gasteiger charge is 2.27. The van der Waals surface area contributed by atoms with Crippen molar-refractivity contribution in [1.82, 2.24) is 10.0 Å². The molecule has 7 nitrogen and oxygen atoms in total. The molecule has 3 N–H and O–H groups in total. The van der Waals surface area contributed by atoms with Gasteiger partial charge in [0.05, 0.1) is 4.90 Å². The Morgan fingerprint density at radius 2 is 1.71 bits per heavy atom. The normalized spacial score (nSPS) is 14.1. The van der Waals surface area contributed by atoms with Crippen LogP contribution in [0.25, 0.3) is 0 Å². The van der Waals surface area contributed by atoms with E-state index in [0.717, 1.165) is 16.7 Å². The molecule has 0 radical (unpaired) electrons. The van der Waals surface area contributed by atoms with Gasteiger partial charge in [0, 0.05) is 23.7 Å². The zero-order valence-electron chi connectivity index (χ0n) is 18.3. The van der Waals surface area contributed by atoms with E-state index in [9.17, 15) is 18.0 Å². The summed E-state index contributed by atoms with van der Waals surface area (Å²) in [4.78, 5) is 24.7. The number of fused-ring (bicyclic) bond motifs is 1. The van der Waals surface area contributed by atoms with Crippen LogP contribution in [0.3, 0.4) is 0 Å². The molecule has 0 fully saturated rings. The molecule has 1 heterocycles. The summed E-state index contributed by atoms with van der Waals surface area (Å²) < 4.78 is 29.0. The minimum Gasteiger partial charge on any atom is -0.351 e. The predicted octanol–water partition coefficient (Wildman–Crippen LogP) is 3.43. The number of halogens is 1. The highest BCUT2D eigenvalue weighted by atomic mass is 35.5. The van der Waals surface area contributed by atoms with Crippen LogP contribution in [0.2, 0.25) is 5.02 Å². The lowest BCUT2D eigenvalue weighted by atomic mass is 10.0. The van der Waals surface area contributed by atoms with Crippen molar-refractivity contribution in [3.63, 3.8) is 0 Å². The van der Waals surface area contributed by atoms with E-state index in [1.807, 2.05) is 30.3 Å². The molecule has 3 aromatic rings. The van der Waals surface area contributed by atoms with Crippen molar-refractivity contribution in [2.75, 3.05) is 5.32 Å². The Morgan fingerprint density at radius 3 is 2.44 bits per heavy atom. The molecule has 1 atom stereocenters. The molecule has 0 aromatic heterocycles. The zero-order valence-corrected chi connectivity index (χ0v) is 19.8. The largest absolute Gasteiger partial charge is 0.351 e. The number of rotatable bonds is 8. The molecule has 9 heteroatoms. The van der Waals surface area contributed by atoms with Gasteiger partial charge in [0.2, 0.25) is 21.8 Å². The van der Waals surface area contributed by atoms with Gasteiger partial charge in [0.15, 0.2) is 0 Å². The van der Waals surface area contributed by atoms with E-state index >= 15 is 0 Å². The number of nitrogens with one attached hydrogen (secondary N) is 3. The first-order valence-corrected chi connectivity index (χ1v) is 12.7. The number of sulfonamides is 1. The van der Waals surface area contributed by atoms with E-state index in [-0.39, 0.29) is 23.8 Å². The maximum Gasteiger partial charge on any atom is 0.241 e. The van der Waals surface area contributed by atoms with Crippen LogP contribution in [0, 0.1) is 0 Å². The van der Waals surface area contributed by atoms with Crippen LogP contribution in [0.5, 0.6) is 0 Å². The average molecular weight is 498 g/mol. The summed E-state index contributed by atoms with van der Waals surface area (Å²) in [6, 6.07) is 19.8. The Bertz CT molecular complexity index is 1300. The number of carbonyl (C=O) groups excluding carboxylic acids is 2. The Morgan fingerprint density at radius 1 is 0.971 bits per heavy atom. The molecule has 1 aliphatic rings. The molecule has 4 rings (SSSR count). The molecule has 176 valence electrons. The lowest BCUT2D eigenvalue weighted by Crippen LogP contribution is -2.47. The second-order valence-electron chi connectivity index (χ2n) is 8.07. The summed E-state index contributed by atoms with van der Waals surface area (Å²) in [7, 11) is -4.00. The number of hydrogen-bond acceptors (Lipinski definition) is 4. The number of carbonyl (C=O) groups is 2. The third-order valence-corrected chi connectivity index (χ3v) is 7.28. The van der Waals surface area contributed by atoms with E-state index in [0.29, 0.717) is 23.6 Å². The van der Waals surface area contributed by atoms with Gasteiger partial charge in [-0.05, 0) is 59.9 Å². The standard InChI is InChI=1S/C25H24ClN3O4S/c26-20-9-6-18(7-10-20)16-27-25(31)23(14-17-4-2-1-3-5-17)29-34(32,33)21-11-12-22-19(15-21)8-13-24(30)28-22/h1-7,9-12,15,23,29H,8,13-14,16H2,(H,27,31)(H,28,30). The van der Waals surface area contributed by atoms with Gasteiger partial charge in [-0.1, -0.05) is 54.1 Å². The first-order chi connectivity index (χ1) is 16.3. The van der Waals surface area contributed by atoms with E-state index in [1.54, 1.807) is 36.4 Å². The molecule has 0 saturated carbocycles. The van der Waals surface area contributed by atoms with Crippen LogP contribution < -0.4 is 15.4 Å². The second-order valence-corrected chi connectivity index (χ2v) is 10.2. The van der Waals surface area contributed by atoms with Crippen molar-refractivity contribution < 1.29 is 18.0 Å². The maximum absolute atomic E-state index is 13.2. The summed E-state index contributed by atoms with van der Waals surface area (Å²) in [5, 5.41) is 6.14. The highest BCUT2D eigenvalue weighted by Crippen LogP contribution is 2.25. The maximum atomic E-state index is 13.2. The molecule has 1 aliphatic heterocycles. The highest BCUT2D eigenvalue weighted by molar-refractivity contribution is 7.89. The number of hydrogen-bond donors (Lipinski definition) is 3. The molecular weight excluding hydrogens is 474 g/mol. The lowest BCUT2D eigenvalue weighted by Gasteiger charge is -2.21. The topological polar surface area (TPSA) is 104 Å². The van der Waals surface area contributed by atoms with E-state index in [1.165, 1.54) is 6.07 Å². The summed E-state index contributed by atoms with van der Waals surface area (Å²) >= 11 is 5.91. The third-order valence-electron chi connectivity index (χ3n) is 5.56. The third kappa shape index (κ3) is 6.02. The average Bonchev–Trinajstić information content (AvgIpc) is 2.83. The molecule has 3 aromatic carbocycles.